The summed E-state index contributed by atoms with van der Waals surface area (Å²) in [6, 6.07) is 19.1. The van der Waals surface area contributed by atoms with Gasteiger partial charge in [-0.2, -0.15) is 13.2 Å². The summed E-state index contributed by atoms with van der Waals surface area (Å²) >= 11 is 0. The number of hydrogen-bond acceptors (Lipinski definition) is 9. The van der Waals surface area contributed by atoms with Crippen molar-refractivity contribution in [3.8, 4) is 22.8 Å². The quantitative estimate of drug-likeness (QED) is 0.149. The smallest absolute Gasteiger partial charge is 0.416 e. The van der Waals surface area contributed by atoms with Gasteiger partial charge in [-0.25, -0.2) is 13.4 Å². The van der Waals surface area contributed by atoms with Crippen molar-refractivity contribution in [1.82, 2.24) is 19.9 Å². The first-order chi connectivity index (χ1) is 29.1. The maximum atomic E-state index is 14.8. The van der Waals surface area contributed by atoms with E-state index in [1.807, 2.05) is 48.6 Å². The van der Waals surface area contributed by atoms with E-state index in [4.69, 9.17) is 14.5 Å². The van der Waals surface area contributed by atoms with E-state index in [0.29, 0.717) is 60.2 Å². The number of ether oxygens (including phenoxy) is 2. The van der Waals surface area contributed by atoms with Crippen LogP contribution >= 0.6 is 0 Å². The molecule has 2 aliphatic carbocycles. The summed E-state index contributed by atoms with van der Waals surface area (Å²) in [5, 5.41) is 6.58. The Morgan fingerprint density at radius 2 is 1.77 bits per heavy atom. The zero-order chi connectivity index (χ0) is 43.2. The lowest BCUT2D eigenvalue weighted by Crippen LogP contribution is -2.58. The zero-order valence-electron chi connectivity index (χ0n) is 33.8. The van der Waals surface area contributed by atoms with Crippen molar-refractivity contribution in [2.45, 2.75) is 99.4 Å². The lowest BCUT2D eigenvalue weighted by molar-refractivity contribution is -0.140. The summed E-state index contributed by atoms with van der Waals surface area (Å²) in [5.74, 6) is -1.52. The molecule has 8 rings (SSSR count). The molecule has 3 aromatic carbocycles. The number of nitrogens with zero attached hydrogens (tertiary/aromatic N) is 2. The Kier molecular flexibility index (Phi) is 11.3. The highest BCUT2D eigenvalue weighted by Gasteiger charge is 2.63. The molecule has 61 heavy (non-hydrogen) atoms. The SMILES string of the molecule is COc1ccc2c(O[C@@H]3C[C@H]4C(=O)N[C@]5(C(=O)NS(=O)(=O)C6(C)CC6)C[C@H]5/C=C\CCCCC[C@H](Nc5cccc(C(F)(F)F)c5)C(=O)N4C3)cc(-c3ccccc3)nc2c1. The second-order valence-corrected chi connectivity index (χ2v) is 18.9. The highest BCUT2D eigenvalue weighted by molar-refractivity contribution is 7.91. The molecule has 12 nitrogen and oxygen atoms in total. The first kappa shape index (κ1) is 42.1. The van der Waals surface area contributed by atoms with Gasteiger partial charge in [0, 0.05) is 41.1 Å². The zero-order valence-corrected chi connectivity index (χ0v) is 34.7. The molecule has 322 valence electrons. The van der Waals surface area contributed by atoms with Crippen molar-refractivity contribution in [2.75, 3.05) is 19.0 Å². The van der Waals surface area contributed by atoms with Gasteiger partial charge in [-0.1, -0.05) is 61.4 Å². The number of fused-ring (bicyclic) bond motifs is 3. The molecule has 3 amide bonds. The predicted molar refractivity (Wildman–Crippen MR) is 223 cm³/mol. The van der Waals surface area contributed by atoms with E-state index in [-0.39, 0.29) is 31.5 Å². The normalized spacial score (nSPS) is 25.8. The topological polar surface area (TPSA) is 156 Å². The molecule has 0 spiro atoms. The van der Waals surface area contributed by atoms with E-state index in [1.54, 1.807) is 32.2 Å². The predicted octanol–water partition coefficient (Wildman–Crippen LogP) is 7.15. The molecule has 3 N–H and O–H groups in total. The van der Waals surface area contributed by atoms with Crippen LogP contribution in [0.3, 0.4) is 0 Å². The number of carbonyl (C=O) groups is 3. The van der Waals surface area contributed by atoms with Crippen molar-refractivity contribution in [1.29, 1.82) is 0 Å². The summed E-state index contributed by atoms with van der Waals surface area (Å²) in [6.45, 7) is 1.49. The standard InChI is InChI=1S/C45H48F3N5O7S/c1-43(20-21-43)61(57,58)52-42(56)44-26-30(44)14-9-4-3-5-10-17-35(49-31-16-11-15-29(22-31)45(46,47)48)41(55)53-27-33(24-38(53)40(54)51-44)60-39-25-36(28-12-7-6-8-13-28)50-37-23-32(59-2)18-19-34(37)39/h6-9,11-16,18-19,22-23,25,30,33,35,38,49H,3-5,10,17,20-21,24,26-27H2,1-2H3,(H,51,54)(H,52,56)/b14-9-/t30-,33-,35+,38+,44-/m1/s1. The largest absolute Gasteiger partial charge is 0.497 e. The Labute approximate surface area is 352 Å². The lowest BCUT2D eigenvalue weighted by atomic mass is 10.0. The van der Waals surface area contributed by atoms with Crippen LogP contribution in [0.1, 0.15) is 70.3 Å². The summed E-state index contributed by atoms with van der Waals surface area (Å²) in [7, 11) is -2.49. The number of halogens is 3. The average Bonchev–Trinajstić information content (AvgIpc) is 4.12. The van der Waals surface area contributed by atoms with E-state index in [9.17, 15) is 36.0 Å². The van der Waals surface area contributed by atoms with Crippen LogP contribution in [-0.4, -0.2) is 78.2 Å². The molecule has 0 radical (unpaired) electrons. The third kappa shape index (κ3) is 8.77. The Balaban J connectivity index is 1.15. The van der Waals surface area contributed by atoms with Crippen LogP contribution in [0.4, 0.5) is 18.9 Å². The Hall–Kier alpha value is -5.64. The van der Waals surface area contributed by atoms with Crippen molar-refractivity contribution >= 4 is 44.3 Å². The molecule has 5 atom stereocenters. The summed E-state index contributed by atoms with van der Waals surface area (Å²) in [6.07, 6.45) is 2.20. The molecule has 1 aromatic heterocycles. The molecule has 1 saturated heterocycles. The summed E-state index contributed by atoms with van der Waals surface area (Å²) < 4.78 is 81.1. The minimum atomic E-state index is -4.61. The van der Waals surface area contributed by atoms with Gasteiger partial charge < -0.3 is 25.0 Å². The highest BCUT2D eigenvalue weighted by atomic mass is 32.2. The number of aromatic nitrogens is 1. The van der Waals surface area contributed by atoms with Gasteiger partial charge >= 0.3 is 6.18 Å². The fourth-order valence-electron chi connectivity index (χ4n) is 8.27. The van der Waals surface area contributed by atoms with Crippen LogP contribution in [0.2, 0.25) is 0 Å². The summed E-state index contributed by atoms with van der Waals surface area (Å²) in [5.41, 5.74) is -0.351. The van der Waals surface area contributed by atoms with Gasteiger partial charge in [0.2, 0.25) is 21.8 Å². The molecule has 4 aromatic rings. The molecule has 0 bridgehead atoms. The average molecular weight is 860 g/mol. The van der Waals surface area contributed by atoms with Gasteiger partial charge in [0.05, 0.1) is 35.2 Å². The third-order valence-corrected chi connectivity index (χ3v) is 14.5. The van der Waals surface area contributed by atoms with Crippen LogP contribution < -0.4 is 24.8 Å². The molecule has 2 saturated carbocycles. The third-order valence-electron chi connectivity index (χ3n) is 12.3. The molecule has 3 heterocycles. The van der Waals surface area contributed by atoms with Crippen LogP contribution in [0.5, 0.6) is 11.5 Å². The van der Waals surface area contributed by atoms with Crippen LogP contribution in [-0.2, 0) is 30.6 Å². The van der Waals surface area contributed by atoms with E-state index < -0.39 is 73.9 Å². The van der Waals surface area contributed by atoms with Crippen molar-refractivity contribution in [3.05, 3.63) is 96.6 Å². The maximum Gasteiger partial charge on any atom is 0.416 e. The van der Waals surface area contributed by atoms with Gasteiger partial charge in [-0.05, 0) is 75.8 Å². The number of anilines is 1. The number of sulfonamides is 1. The molecule has 2 aliphatic heterocycles. The minimum Gasteiger partial charge on any atom is -0.497 e. The second-order valence-electron chi connectivity index (χ2n) is 16.7. The number of pyridine rings is 1. The fourth-order valence-corrected chi connectivity index (χ4v) is 9.58. The molecule has 4 aliphatic rings. The number of amides is 3. The Morgan fingerprint density at radius 1 is 0.984 bits per heavy atom. The Morgan fingerprint density at radius 3 is 2.51 bits per heavy atom. The second kappa shape index (κ2) is 16.3. The highest BCUT2D eigenvalue weighted by Crippen LogP contribution is 2.48. The van der Waals surface area contributed by atoms with Gasteiger partial charge in [-0.3, -0.25) is 19.1 Å². The number of methoxy groups -OCH3 is 1. The number of hydrogen-bond donors (Lipinski definition) is 3. The number of nitrogens with one attached hydrogen (secondary N) is 3. The number of allylic oxidation sites excluding steroid dienone is 1. The van der Waals surface area contributed by atoms with Gasteiger partial charge in [-0.15, -0.1) is 0 Å². The minimum absolute atomic E-state index is 0.0108. The van der Waals surface area contributed by atoms with Crippen molar-refractivity contribution in [2.24, 2.45) is 5.92 Å². The lowest BCUT2D eigenvalue weighted by Gasteiger charge is -2.30. The molecule has 3 fully saturated rings. The number of carbonyl (C=O) groups excluding carboxylic acids is 3. The van der Waals surface area contributed by atoms with E-state index in [2.05, 4.69) is 15.4 Å². The van der Waals surface area contributed by atoms with E-state index in [0.717, 1.165) is 24.1 Å². The van der Waals surface area contributed by atoms with Gasteiger partial charge in [0.15, 0.2) is 0 Å². The number of rotatable bonds is 9. The van der Waals surface area contributed by atoms with Gasteiger partial charge in [0.25, 0.3) is 5.91 Å². The van der Waals surface area contributed by atoms with Crippen LogP contribution in [0, 0.1) is 5.92 Å². The number of alkyl halides is 3. The molecule has 16 heteroatoms. The molecular weight excluding hydrogens is 812 g/mol. The summed E-state index contributed by atoms with van der Waals surface area (Å²) in [4.78, 5) is 49.7. The fraction of sp³-hybridized carbons (Fsp3) is 0.422. The first-order valence-electron chi connectivity index (χ1n) is 20.6. The monoisotopic (exact) mass is 859 g/mol. The van der Waals surface area contributed by atoms with Crippen LogP contribution in [0.15, 0.2) is 91.0 Å². The molecular formula is C45H48F3N5O7S. The maximum absolute atomic E-state index is 14.8. The van der Waals surface area contributed by atoms with E-state index >= 15 is 0 Å². The van der Waals surface area contributed by atoms with Crippen molar-refractivity contribution in [3.63, 3.8) is 0 Å². The Bertz CT molecular complexity index is 2480. The van der Waals surface area contributed by atoms with Crippen molar-refractivity contribution < 1.29 is 45.4 Å². The molecule has 0 unspecified atom stereocenters. The number of benzene rings is 3. The van der Waals surface area contributed by atoms with Crippen LogP contribution in [0.25, 0.3) is 22.2 Å². The van der Waals surface area contributed by atoms with E-state index in [1.165, 1.54) is 17.0 Å². The first-order valence-corrected chi connectivity index (χ1v) is 22.1. The van der Waals surface area contributed by atoms with Gasteiger partial charge in [0.1, 0.15) is 35.2 Å².